The van der Waals surface area contributed by atoms with Crippen molar-refractivity contribution in [2.45, 2.75) is 20.3 Å². The van der Waals surface area contributed by atoms with Gasteiger partial charge in [-0.25, -0.2) is 0 Å². The fourth-order valence-electron chi connectivity index (χ4n) is 2.39. The van der Waals surface area contributed by atoms with Crippen molar-refractivity contribution in [3.8, 4) is 0 Å². The topological polar surface area (TPSA) is 32.9 Å². The van der Waals surface area contributed by atoms with Gasteiger partial charge >= 0.3 is 4.87 Å². The number of hydrogen-bond donors (Lipinski definition) is 1. The average molecular weight is 231 g/mol. The minimum Gasteiger partial charge on any atom is -0.312 e. The second-order valence-electron chi connectivity index (χ2n) is 4.51. The van der Waals surface area contributed by atoms with Gasteiger partial charge in [0.15, 0.2) is 0 Å². The van der Waals surface area contributed by atoms with E-state index >= 15 is 0 Å². The number of thiazole rings is 1. The highest BCUT2D eigenvalue weighted by atomic mass is 32.1. The van der Waals surface area contributed by atoms with E-state index in [0.717, 1.165) is 16.6 Å². The second-order valence-corrected chi connectivity index (χ2v) is 5.49. The first-order valence-corrected chi connectivity index (χ1v) is 6.33. The molecule has 3 heteroatoms. The molecule has 0 spiro atoms. The Morgan fingerprint density at radius 2 is 2.19 bits per heavy atom. The van der Waals surface area contributed by atoms with Crippen LogP contribution in [0.25, 0.3) is 15.8 Å². The number of aromatic amines is 1. The van der Waals surface area contributed by atoms with Crippen LogP contribution in [-0.4, -0.2) is 4.98 Å². The Morgan fingerprint density at radius 3 is 2.94 bits per heavy atom. The molecule has 82 valence electrons. The number of allylic oxidation sites excluding steroid dienone is 2. The van der Waals surface area contributed by atoms with Crippen molar-refractivity contribution in [1.29, 1.82) is 0 Å². The van der Waals surface area contributed by atoms with Gasteiger partial charge in [-0.05, 0) is 29.5 Å². The van der Waals surface area contributed by atoms with Crippen molar-refractivity contribution in [1.82, 2.24) is 4.98 Å². The van der Waals surface area contributed by atoms with E-state index in [-0.39, 0.29) is 4.87 Å². The first-order chi connectivity index (χ1) is 7.66. The van der Waals surface area contributed by atoms with Gasteiger partial charge in [-0.2, -0.15) is 0 Å². The molecule has 0 saturated carbocycles. The van der Waals surface area contributed by atoms with Crippen LogP contribution in [0.4, 0.5) is 0 Å². The van der Waals surface area contributed by atoms with E-state index in [4.69, 9.17) is 0 Å². The van der Waals surface area contributed by atoms with Crippen molar-refractivity contribution >= 4 is 27.1 Å². The summed E-state index contributed by atoms with van der Waals surface area (Å²) in [6.07, 6.45) is 3.30. The van der Waals surface area contributed by atoms with Gasteiger partial charge in [0.05, 0.1) is 10.2 Å². The van der Waals surface area contributed by atoms with Crippen molar-refractivity contribution < 1.29 is 0 Å². The molecule has 1 aliphatic carbocycles. The third kappa shape index (κ3) is 1.28. The zero-order chi connectivity index (χ0) is 11.3. The third-order valence-electron chi connectivity index (χ3n) is 3.13. The van der Waals surface area contributed by atoms with Crippen molar-refractivity contribution in [2.24, 2.45) is 5.92 Å². The molecule has 0 radical (unpaired) electrons. The van der Waals surface area contributed by atoms with E-state index in [0.29, 0.717) is 5.92 Å². The number of aromatic nitrogens is 1. The lowest BCUT2D eigenvalue weighted by molar-refractivity contribution is 0.859. The van der Waals surface area contributed by atoms with Crippen LogP contribution in [0.15, 0.2) is 23.0 Å². The van der Waals surface area contributed by atoms with E-state index < -0.39 is 0 Å². The molecule has 0 bridgehead atoms. The van der Waals surface area contributed by atoms with E-state index in [1.54, 1.807) is 0 Å². The highest BCUT2D eigenvalue weighted by molar-refractivity contribution is 7.16. The largest absolute Gasteiger partial charge is 0.312 e. The van der Waals surface area contributed by atoms with Crippen molar-refractivity contribution in [3.63, 3.8) is 0 Å². The summed E-state index contributed by atoms with van der Waals surface area (Å²) >= 11 is 1.33. The third-order valence-corrected chi connectivity index (χ3v) is 4.04. The second kappa shape index (κ2) is 3.32. The Hall–Kier alpha value is -1.35. The Bertz CT molecular complexity index is 645. The van der Waals surface area contributed by atoms with Gasteiger partial charge in [-0.1, -0.05) is 37.3 Å². The molecule has 0 unspecified atom stereocenters. The summed E-state index contributed by atoms with van der Waals surface area (Å²) in [6, 6.07) is 4.15. The lowest BCUT2D eigenvalue weighted by Crippen LogP contribution is -1.92. The van der Waals surface area contributed by atoms with E-state index in [9.17, 15) is 4.79 Å². The molecular weight excluding hydrogens is 218 g/mol. The highest BCUT2D eigenvalue weighted by Crippen LogP contribution is 2.38. The van der Waals surface area contributed by atoms with Crippen LogP contribution in [0.5, 0.6) is 0 Å². The molecule has 1 N–H and O–H groups in total. The molecule has 0 atom stereocenters. The summed E-state index contributed by atoms with van der Waals surface area (Å²) in [7, 11) is 0. The van der Waals surface area contributed by atoms with Gasteiger partial charge in [-0.15, -0.1) is 0 Å². The minimum atomic E-state index is 0.0402. The molecule has 2 nitrogen and oxygen atoms in total. The van der Waals surface area contributed by atoms with Crippen LogP contribution in [0.3, 0.4) is 0 Å². The van der Waals surface area contributed by atoms with E-state index in [1.165, 1.54) is 28.0 Å². The van der Waals surface area contributed by atoms with Gasteiger partial charge < -0.3 is 4.98 Å². The fraction of sp³-hybridized carbons (Fsp3) is 0.308. The number of H-pyrrole nitrogens is 1. The zero-order valence-corrected chi connectivity index (χ0v) is 10.1. The minimum absolute atomic E-state index is 0.0402. The molecule has 1 heterocycles. The lowest BCUT2D eigenvalue weighted by atomic mass is 9.96. The molecule has 0 saturated heterocycles. The van der Waals surface area contributed by atoms with Crippen LogP contribution >= 0.6 is 11.3 Å². The normalized spacial score (nSPS) is 14.6. The smallest absolute Gasteiger partial charge is 0.305 e. The first-order valence-electron chi connectivity index (χ1n) is 5.52. The predicted molar refractivity (Wildman–Crippen MR) is 69.0 cm³/mol. The highest BCUT2D eigenvalue weighted by Gasteiger charge is 2.20. The van der Waals surface area contributed by atoms with E-state index in [1.807, 2.05) is 6.07 Å². The maximum Gasteiger partial charge on any atom is 0.305 e. The monoisotopic (exact) mass is 231 g/mol. The molecule has 0 aliphatic heterocycles. The summed E-state index contributed by atoms with van der Waals surface area (Å²) < 4.78 is 1.12. The molecule has 0 fully saturated rings. The van der Waals surface area contributed by atoms with Crippen LogP contribution in [0, 0.1) is 5.92 Å². The Balaban J connectivity index is 2.37. The van der Waals surface area contributed by atoms with Gasteiger partial charge in [0, 0.05) is 5.56 Å². The quantitative estimate of drug-likeness (QED) is 0.803. The average Bonchev–Trinajstić information content (AvgIpc) is 2.77. The lowest BCUT2D eigenvalue weighted by Gasteiger charge is -2.09. The zero-order valence-electron chi connectivity index (χ0n) is 9.33. The maximum absolute atomic E-state index is 11.4. The van der Waals surface area contributed by atoms with E-state index in [2.05, 4.69) is 31.0 Å². The first kappa shape index (κ1) is 9.85. The van der Waals surface area contributed by atoms with Crippen molar-refractivity contribution in [2.75, 3.05) is 0 Å². The molecular formula is C13H13NOS. The van der Waals surface area contributed by atoms with Gasteiger partial charge in [0.2, 0.25) is 0 Å². The SMILES string of the molecule is CC(C)C1=CCc2ccc3[nH]c(=O)sc3c21. The Morgan fingerprint density at radius 1 is 1.38 bits per heavy atom. The molecule has 3 rings (SSSR count). The summed E-state index contributed by atoms with van der Waals surface area (Å²) in [6.45, 7) is 4.41. The number of nitrogens with one attached hydrogen (secondary N) is 1. The van der Waals surface area contributed by atoms with Crippen LogP contribution in [-0.2, 0) is 6.42 Å². The summed E-state index contributed by atoms with van der Waals surface area (Å²) in [5, 5.41) is 0. The molecule has 0 amide bonds. The number of rotatable bonds is 1. The molecule has 1 aromatic carbocycles. The summed E-state index contributed by atoms with van der Waals surface area (Å²) in [5.74, 6) is 0.518. The molecule has 1 aromatic heterocycles. The Labute approximate surface area is 97.6 Å². The van der Waals surface area contributed by atoms with Gasteiger partial charge in [-0.3, -0.25) is 4.79 Å². The van der Waals surface area contributed by atoms with Crippen LogP contribution in [0.1, 0.15) is 25.0 Å². The van der Waals surface area contributed by atoms with Crippen molar-refractivity contribution in [3.05, 3.63) is 39.0 Å². The molecule has 1 aliphatic rings. The van der Waals surface area contributed by atoms with Gasteiger partial charge in [0.1, 0.15) is 0 Å². The standard InChI is InChI=1S/C13H13NOS/c1-7(2)9-5-3-8-4-6-10-12(11(8)9)16-13(15)14-10/h4-7H,3H2,1-2H3,(H,14,15). The predicted octanol–water partition coefficient (Wildman–Crippen LogP) is 3.19. The summed E-state index contributed by atoms with van der Waals surface area (Å²) in [5.41, 5.74) is 5.01. The summed E-state index contributed by atoms with van der Waals surface area (Å²) in [4.78, 5) is 14.3. The molecule has 16 heavy (non-hydrogen) atoms. The Kier molecular flexibility index (Phi) is 2.04. The number of hydrogen-bond acceptors (Lipinski definition) is 2. The number of fused-ring (bicyclic) bond motifs is 3. The van der Waals surface area contributed by atoms with Crippen LogP contribution < -0.4 is 4.87 Å². The fourth-order valence-corrected chi connectivity index (χ4v) is 3.32. The van der Waals surface area contributed by atoms with Gasteiger partial charge in [0.25, 0.3) is 0 Å². The molecule has 2 aromatic rings. The number of benzene rings is 1. The maximum atomic E-state index is 11.4. The van der Waals surface area contributed by atoms with Crippen LogP contribution in [0.2, 0.25) is 0 Å².